The summed E-state index contributed by atoms with van der Waals surface area (Å²) in [7, 11) is 0. The van der Waals surface area contributed by atoms with Gasteiger partial charge in [-0.2, -0.15) is 0 Å². The highest BCUT2D eigenvalue weighted by atomic mass is 16.2. The van der Waals surface area contributed by atoms with Gasteiger partial charge in [-0.3, -0.25) is 4.90 Å². The molecule has 1 aromatic heterocycles. The highest BCUT2D eigenvalue weighted by Gasteiger charge is 2.09. The predicted octanol–water partition coefficient (Wildman–Crippen LogP) is 0.987. The van der Waals surface area contributed by atoms with Gasteiger partial charge >= 0.3 is 6.03 Å². The Morgan fingerprint density at radius 3 is 2.83 bits per heavy atom. The van der Waals surface area contributed by atoms with Gasteiger partial charge in [0.1, 0.15) is 5.82 Å². The Morgan fingerprint density at radius 1 is 1.67 bits per heavy atom. The monoisotopic (exact) mass is 165 g/mol. The Morgan fingerprint density at radius 2 is 2.42 bits per heavy atom. The van der Waals surface area contributed by atoms with Crippen molar-refractivity contribution >= 4 is 11.8 Å². The van der Waals surface area contributed by atoms with Gasteiger partial charge in [0.15, 0.2) is 0 Å². The van der Waals surface area contributed by atoms with Crippen molar-refractivity contribution in [3.8, 4) is 0 Å². The lowest BCUT2D eigenvalue weighted by Crippen LogP contribution is -2.35. The molecule has 0 aliphatic rings. The second-order valence-corrected chi connectivity index (χ2v) is 2.27. The van der Waals surface area contributed by atoms with Crippen LogP contribution >= 0.6 is 0 Å². The Hall–Kier alpha value is -1.58. The first-order valence-electron chi connectivity index (χ1n) is 3.73. The van der Waals surface area contributed by atoms with Crippen molar-refractivity contribution in [2.75, 3.05) is 11.4 Å². The third-order valence-corrected chi connectivity index (χ3v) is 1.51. The highest BCUT2D eigenvalue weighted by molar-refractivity contribution is 5.89. The van der Waals surface area contributed by atoms with Crippen LogP contribution in [-0.4, -0.2) is 17.6 Å². The summed E-state index contributed by atoms with van der Waals surface area (Å²) in [6.07, 6.45) is 1.63. The maximum atomic E-state index is 10.8. The smallest absolute Gasteiger partial charge is 0.320 e. The second-order valence-electron chi connectivity index (χ2n) is 2.27. The van der Waals surface area contributed by atoms with Gasteiger partial charge in [0.2, 0.25) is 0 Å². The Bertz CT molecular complexity index is 260. The van der Waals surface area contributed by atoms with E-state index in [9.17, 15) is 4.79 Å². The van der Waals surface area contributed by atoms with Gasteiger partial charge in [0, 0.05) is 12.7 Å². The standard InChI is InChI=1S/C8H11N3O/c1-2-11(8(9)12)7-5-3-4-6-10-7/h3-6H,2H2,1H3,(H2,9,12). The molecule has 0 saturated carbocycles. The maximum absolute atomic E-state index is 10.8. The van der Waals surface area contributed by atoms with E-state index in [0.717, 1.165) is 0 Å². The van der Waals surface area contributed by atoms with E-state index in [1.807, 2.05) is 13.0 Å². The Kier molecular flexibility index (Phi) is 2.63. The van der Waals surface area contributed by atoms with E-state index < -0.39 is 6.03 Å². The number of primary amides is 1. The number of carbonyl (C=O) groups is 1. The molecule has 4 nitrogen and oxygen atoms in total. The lowest BCUT2D eigenvalue weighted by molar-refractivity contribution is 0.254. The molecule has 0 aliphatic heterocycles. The number of hydrogen-bond acceptors (Lipinski definition) is 2. The van der Waals surface area contributed by atoms with Crippen LogP contribution in [0.15, 0.2) is 24.4 Å². The quantitative estimate of drug-likeness (QED) is 0.710. The molecule has 0 fully saturated rings. The zero-order chi connectivity index (χ0) is 8.97. The number of pyridine rings is 1. The number of anilines is 1. The van der Waals surface area contributed by atoms with Crippen molar-refractivity contribution in [3.05, 3.63) is 24.4 Å². The molecule has 1 heterocycles. The summed E-state index contributed by atoms with van der Waals surface area (Å²) >= 11 is 0. The molecule has 1 rings (SSSR count). The SMILES string of the molecule is CCN(C(N)=O)c1ccccn1. The van der Waals surface area contributed by atoms with Crippen LogP contribution in [0.4, 0.5) is 10.6 Å². The molecule has 0 aromatic carbocycles. The summed E-state index contributed by atoms with van der Waals surface area (Å²) in [4.78, 5) is 16.2. The van der Waals surface area contributed by atoms with Gasteiger partial charge < -0.3 is 5.73 Å². The fraction of sp³-hybridized carbons (Fsp3) is 0.250. The van der Waals surface area contributed by atoms with Gasteiger partial charge in [-0.25, -0.2) is 9.78 Å². The van der Waals surface area contributed by atoms with E-state index in [0.29, 0.717) is 12.4 Å². The minimum absolute atomic E-state index is 0.476. The van der Waals surface area contributed by atoms with Crippen molar-refractivity contribution in [2.24, 2.45) is 5.73 Å². The lowest BCUT2D eigenvalue weighted by Gasteiger charge is -2.16. The van der Waals surface area contributed by atoms with Crippen LogP contribution in [-0.2, 0) is 0 Å². The third kappa shape index (κ3) is 1.72. The number of hydrogen-bond donors (Lipinski definition) is 1. The average molecular weight is 165 g/mol. The fourth-order valence-corrected chi connectivity index (χ4v) is 0.944. The van der Waals surface area contributed by atoms with E-state index in [1.165, 1.54) is 4.90 Å². The zero-order valence-electron chi connectivity index (χ0n) is 6.90. The number of carbonyl (C=O) groups excluding carboxylic acids is 1. The van der Waals surface area contributed by atoms with Crippen LogP contribution < -0.4 is 10.6 Å². The first-order valence-corrected chi connectivity index (χ1v) is 3.73. The number of aromatic nitrogens is 1. The van der Waals surface area contributed by atoms with Gasteiger partial charge in [0.05, 0.1) is 0 Å². The molecule has 0 unspecified atom stereocenters. The molecule has 0 bridgehead atoms. The molecular weight excluding hydrogens is 154 g/mol. The van der Waals surface area contributed by atoms with Crippen LogP contribution in [0.25, 0.3) is 0 Å². The summed E-state index contributed by atoms with van der Waals surface area (Å²) in [5, 5.41) is 0. The minimum atomic E-state index is -0.476. The highest BCUT2D eigenvalue weighted by Crippen LogP contribution is 2.07. The van der Waals surface area contributed by atoms with E-state index in [-0.39, 0.29) is 0 Å². The molecule has 2 amide bonds. The summed E-state index contributed by atoms with van der Waals surface area (Å²) < 4.78 is 0. The summed E-state index contributed by atoms with van der Waals surface area (Å²) in [6, 6.07) is 4.87. The van der Waals surface area contributed by atoms with Crippen molar-refractivity contribution < 1.29 is 4.79 Å². The molecule has 2 N–H and O–H groups in total. The molecular formula is C8H11N3O. The number of nitrogens with two attached hydrogens (primary N) is 1. The van der Waals surface area contributed by atoms with Crippen LogP contribution in [0.3, 0.4) is 0 Å². The first kappa shape index (κ1) is 8.52. The lowest BCUT2D eigenvalue weighted by atomic mass is 10.4. The largest absolute Gasteiger partial charge is 0.351 e. The molecule has 4 heteroatoms. The number of amides is 2. The average Bonchev–Trinajstić information content (AvgIpc) is 2.07. The van der Waals surface area contributed by atoms with Crippen LogP contribution in [0.1, 0.15) is 6.92 Å². The van der Waals surface area contributed by atoms with Crippen LogP contribution in [0, 0.1) is 0 Å². The maximum Gasteiger partial charge on any atom is 0.320 e. The van der Waals surface area contributed by atoms with Crippen molar-refractivity contribution in [3.63, 3.8) is 0 Å². The fourth-order valence-electron chi connectivity index (χ4n) is 0.944. The molecule has 0 spiro atoms. The molecule has 0 atom stereocenters. The van der Waals surface area contributed by atoms with Gasteiger partial charge in [-0.05, 0) is 19.1 Å². The number of urea groups is 1. The molecule has 0 saturated heterocycles. The van der Waals surface area contributed by atoms with Gasteiger partial charge in [-0.1, -0.05) is 6.07 Å². The molecule has 0 radical (unpaired) electrons. The second kappa shape index (κ2) is 3.71. The van der Waals surface area contributed by atoms with E-state index in [4.69, 9.17) is 5.73 Å². The van der Waals surface area contributed by atoms with Gasteiger partial charge in [0.25, 0.3) is 0 Å². The van der Waals surface area contributed by atoms with Crippen LogP contribution in [0.5, 0.6) is 0 Å². The Balaban J connectivity index is 2.88. The number of nitrogens with zero attached hydrogens (tertiary/aromatic N) is 2. The van der Waals surface area contributed by atoms with Crippen LogP contribution in [0.2, 0.25) is 0 Å². The third-order valence-electron chi connectivity index (χ3n) is 1.51. The van der Waals surface area contributed by atoms with Crippen molar-refractivity contribution in [1.29, 1.82) is 0 Å². The molecule has 64 valence electrons. The van der Waals surface area contributed by atoms with Gasteiger partial charge in [-0.15, -0.1) is 0 Å². The van der Waals surface area contributed by atoms with E-state index >= 15 is 0 Å². The topological polar surface area (TPSA) is 59.2 Å². The molecule has 1 aromatic rings. The predicted molar refractivity (Wildman–Crippen MR) is 46.8 cm³/mol. The van der Waals surface area contributed by atoms with E-state index in [2.05, 4.69) is 4.98 Å². The summed E-state index contributed by atoms with van der Waals surface area (Å²) in [5.41, 5.74) is 5.13. The van der Waals surface area contributed by atoms with Crippen molar-refractivity contribution in [2.45, 2.75) is 6.92 Å². The van der Waals surface area contributed by atoms with E-state index in [1.54, 1.807) is 18.3 Å². The summed E-state index contributed by atoms with van der Waals surface area (Å²) in [6.45, 7) is 2.38. The normalized spacial score (nSPS) is 9.42. The summed E-state index contributed by atoms with van der Waals surface area (Å²) in [5.74, 6) is 0.590. The molecule has 12 heavy (non-hydrogen) atoms. The Labute approximate surface area is 71.0 Å². The minimum Gasteiger partial charge on any atom is -0.351 e. The zero-order valence-corrected chi connectivity index (χ0v) is 6.90. The number of rotatable bonds is 2. The first-order chi connectivity index (χ1) is 5.75. The van der Waals surface area contributed by atoms with Crippen molar-refractivity contribution in [1.82, 2.24) is 4.98 Å². The molecule has 0 aliphatic carbocycles.